The van der Waals surface area contributed by atoms with Gasteiger partial charge in [0, 0.05) is 52.9 Å². The van der Waals surface area contributed by atoms with Gasteiger partial charge in [0.05, 0.1) is 33.0 Å². The van der Waals surface area contributed by atoms with E-state index in [0.29, 0.717) is 32.3 Å². The maximum atomic E-state index is 5.66. The second-order valence-corrected chi connectivity index (χ2v) is 6.22. The van der Waals surface area contributed by atoms with E-state index in [1.807, 2.05) is 0 Å². The molecule has 0 aromatic carbocycles. The second-order valence-electron chi connectivity index (χ2n) is 6.22. The van der Waals surface area contributed by atoms with E-state index in [9.17, 15) is 0 Å². The van der Waals surface area contributed by atoms with Crippen molar-refractivity contribution in [3.63, 3.8) is 0 Å². The highest BCUT2D eigenvalue weighted by Gasteiger charge is 2.24. The molecular formula is C18H37N3O4. The fraction of sp³-hybridized carbons (Fsp3) is 0.944. The van der Waals surface area contributed by atoms with Gasteiger partial charge in [0.1, 0.15) is 0 Å². The Morgan fingerprint density at radius 2 is 1.80 bits per heavy atom. The molecule has 0 aliphatic carbocycles. The van der Waals surface area contributed by atoms with Crippen molar-refractivity contribution in [2.45, 2.75) is 26.2 Å². The molecular weight excluding hydrogens is 322 g/mol. The third-order valence-electron chi connectivity index (χ3n) is 4.10. The monoisotopic (exact) mass is 359 g/mol. The summed E-state index contributed by atoms with van der Waals surface area (Å²) in [5, 5.41) is 3.41. The first-order valence-corrected chi connectivity index (χ1v) is 9.48. The van der Waals surface area contributed by atoms with Crippen LogP contribution >= 0.6 is 0 Å². The fourth-order valence-corrected chi connectivity index (χ4v) is 2.72. The molecule has 1 aliphatic rings. The molecule has 1 heterocycles. The molecule has 0 aromatic heterocycles. The van der Waals surface area contributed by atoms with Crippen LogP contribution in [0, 0.1) is 5.92 Å². The highest BCUT2D eigenvalue weighted by atomic mass is 16.5. The Bertz CT molecular complexity index is 342. The van der Waals surface area contributed by atoms with Gasteiger partial charge in [-0.15, -0.1) is 0 Å². The van der Waals surface area contributed by atoms with E-state index >= 15 is 0 Å². The largest absolute Gasteiger partial charge is 0.382 e. The number of hydrogen-bond donors (Lipinski definition) is 1. The van der Waals surface area contributed by atoms with Crippen LogP contribution in [0.15, 0.2) is 4.99 Å². The molecule has 0 amide bonds. The Kier molecular flexibility index (Phi) is 13.6. The van der Waals surface area contributed by atoms with Crippen LogP contribution in [0.3, 0.4) is 0 Å². The Morgan fingerprint density at radius 1 is 1.04 bits per heavy atom. The summed E-state index contributed by atoms with van der Waals surface area (Å²) in [6.07, 6.45) is 3.23. The lowest BCUT2D eigenvalue weighted by Gasteiger charge is -2.21. The molecule has 25 heavy (non-hydrogen) atoms. The second kappa shape index (κ2) is 15.4. The van der Waals surface area contributed by atoms with Crippen LogP contribution in [-0.4, -0.2) is 90.9 Å². The van der Waals surface area contributed by atoms with Crippen molar-refractivity contribution >= 4 is 5.96 Å². The summed E-state index contributed by atoms with van der Waals surface area (Å²) < 4.78 is 21.1. The molecule has 0 spiro atoms. The summed E-state index contributed by atoms with van der Waals surface area (Å²) in [7, 11) is 3.39. The molecule has 0 radical (unpaired) electrons. The van der Waals surface area contributed by atoms with Crippen molar-refractivity contribution < 1.29 is 18.9 Å². The number of nitrogens with zero attached hydrogens (tertiary/aromatic N) is 2. The summed E-state index contributed by atoms with van der Waals surface area (Å²) in [6.45, 7) is 10.1. The number of likely N-dealkylation sites (tertiary alicyclic amines) is 1. The molecule has 0 aromatic rings. The van der Waals surface area contributed by atoms with Gasteiger partial charge in [0.25, 0.3) is 0 Å². The summed E-state index contributed by atoms with van der Waals surface area (Å²) >= 11 is 0. The maximum absolute atomic E-state index is 5.66. The van der Waals surface area contributed by atoms with Crippen molar-refractivity contribution in [1.29, 1.82) is 0 Å². The van der Waals surface area contributed by atoms with E-state index in [1.165, 1.54) is 0 Å². The SMILES string of the molecule is CCNC(=NCCCCOCCOC)N1CCC(COCCOC)C1. The van der Waals surface area contributed by atoms with Crippen LogP contribution in [0.25, 0.3) is 0 Å². The predicted octanol–water partition coefficient (Wildman–Crippen LogP) is 1.38. The van der Waals surface area contributed by atoms with Crippen molar-refractivity contribution in [3.05, 3.63) is 0 Å². The number of rotatable bonds is 14. The van der Waals surface area contributed by atoms with Gasteiger partial charge in [0.2, 0.25) is 0 Å². The van der Waals surface area contributed by atoms with Crippen molar-refractivity contribution in [3.8, 4) is 0 Å². The Hall–Kier alpha value is -0.890. The lowest BCUT2D eigenvalue weighted by Crippen LogP contribution is -2.40. The number of guanidine groups is 1. The Labute approximate surface area is 153 Å². The molecule has 0 bridgehead atoms. The Morgan fingerprint density at radius 3 is 2.52 bits per heavy atom. The third kappa shape index (κ3) is 10.6. The number of aliphatic imine (C=N–C) groups is 1. The minimum absolute atomic E-state index is 0.579. The van der Waals surface area contributed by atoms with E-state index < -0.39 is 0 Å². The molecule has 7 heteroatoms. The van der Waals surface area contributed by atoms with Gasteiger partial charge in [-0.1, -0.05) is 0 Å². The minimum Gasteiger partial charge on any atom is -0.382 e. The molecule has 1 aliphatic heterocycles. The average molecular weight is 360 g/mol. The van der Waals surface area contributed by atoms with Gasteiger partial charge in [-0.25, -0.2) is 0 Å². The number of nitrogens with one attached hydrogen (secondary N) is 1. The van der Waals surface area contributed by atoms with Crippen LogP contribution in [0.1, 0.15) is 26.2 Å². The first-order valence-electron chi connectivity index (χ1n) is 9.48. The summed E-state index contributed by atoms with van der Waals surface area (Å²) in [5.41, 5.74) is 0. The zero-order valence-corrected chi connectivity index (χ0v) is 16.3. The smallest absolute Gasteiger partial charge is 0.193 e. The van der Waals surface area contributed by atoms with E-state index in [0.717, 1.165) is 64.6 Å². The topological polar surface area (TPSA) is 64.6 Å². The normalized spacial score (nSPS) is 18.1. The molecule has 0 saturated carbocycles. The molecule has 7 nitrogen and oxygen atoms in total. The van der Waals surface area contributed by atoms with Gasteiger partial charge in [-0.05, 0) is 26.2 Å². The van der Waals surface area contributed by atoms with Gasteiger partial charge in [-0.2, -0.15) is 0 Å². The van der Waals surface area contributed by atoms with Gasteiger partial charge < -0.3 is 29.2 Å². The standard InChI is InChI=1S/C18H37N3O4/c1-4-19-18(20-8-5-6-10-24-13-11-22-2)21-9-7-17(15-21)16-25-14-12-23-3/h17H,4-16H2,1-3H3,(H,19,20). The quantitative estimate of drug-likeness (QED) is 0.287. The third-order valence-corrected chi connectivity index (χ3v) is 4.10. The molecule has 1 unspecified atom stereocenters. The number of methoxy groups -OCH3 is 2. The molecule has 148 valence electrons. The van der Waals surface area contributed by atoms with Crippen molar-refractivity contribution in [1.82, 2.24) is 10.2 Å². The first kappa shape index (κ1) is 22.2. The summed E-state index contributed by atoms with van der Waals surface area (Å²) in [4.78, 5) is 7.11. The maximum Gasteiger partial charge on any atom is 0.193 e. The summed E-state index contributed by atoms with van der Waals surface area (Å²) in [5.74, 6) is 1.61. The van der Waals surface area contributed by atoms with E-state index in [-0.39, 0.29) is 0 Å². The van der Waals surface area contributed by atoms with E-state index in [1.54, 1.807) is 14.2 Å². The molecule has 1 rings (SSSR count). The molecule has 1 fully saturated rings. The van der Waals surface area contributed by atoms with Crippen LogP contribution in [-0.2, 0) is 18.9 Å². The zero-order valence-electron chi connectivity index (χ0n) is 16.3. The van der Waals surface area contributed by atoms with Gasteiger partial charge in [-0.3, -0.25) is 4.99 Å². The lowest BCUT2D eigenvalue weighted by atomic mass is 10.1. The van der Waals surface area contributed by atoms with Crippen LogP contribution in [0.5, 0.6) is 0 Å². The molecule has 1 atom stereocenters. The molecule has 1 saturated heterocycles. The summed E-state index contributed by atoms with van der Waals surface area (Å²) in [6, 6.07) is 0. The zero-order chi connectivity index (χ0) is 18.2. The van der Waals surface area contributed by atoms with Crippen LogP contribution in [0.4, 0.5) is 0 Å². The first-order chi connectivity index (χ1) is 12.3. The Balaban J connectivity index is 2.21. The van der Waals surface area contributed by atoms with E-state index in [2.05, 4.69) is 17.1 Å². The average Bonchev–Trinajstić information content (AvgIpc) is 3.09. The number of hydrogen-bond acceptors (Lipinski definition) is 5. The van der Waals surface area contributed by atoms with Crippen LogP contribution < -0.4 is 5.32 Å². The predicted molar refractivity (Wildman–Crippen MR) is 100 cm³/mol. The molecule has 1 N–H and O–H groups in total. The van der Waals surface area contributed by atoms with E-state index in [4.69, 9.17) is 23.9 Å². The van der Waals surface area contributed by atoms with Crippen molar-refractivity contribution in [2.75, 3.05) is 80.0 Å². The van der Waals surface area contributed by atoms with Crippen molar-refractivity contribution in [2.24, 2.45) is 10.9 Å². The van der Waals surface area contributed by atoms with Gasteiger partial charge in [0.15, 0.2) is 5.96 Å². The highest BCUT2D eigenvalue weighted by Crippen LogP contribution is 2.16. The van der Waals surface area contributed by atoms with Crippen LogP contribution in [0.2, 0.25) is 0 Å². The fourth-order valence-electron chi connectivity index (χ4n) is 2.72. The number of ether oxygens (including phenoxy) is 4. The lowest BCUT2D eigenvalue weighted by molar-refractivity contribution is 0.0536. The number of unbranched alkanes of at least 4 members (excludes halogenated alkanes) is 1. The minimum atomic E-state index is 0.579. The van der Waals surface area contributed by atoms with Gasteiger partial charge >= 0.3 is 0 Å². The highest BCUT2D eigenvalue weighted by molar-refractivity contribution is 5.80.